The third kappa shape index (κ3) is 2.40. The molecule has 0 atom stereocenters. The quantitative estimate of drug-likeness (QED) is 0.714. The highest BCUT2D eigenvalue weighted by molar-refractivity contribution is 6.31. The van der Waals surface area contributed by atoms with Crippen molar-refractivity contribution in [3.05, 3.63) is 58.1 Å². The Morgan fingerprint density at radius 1 is 0.941 bits per heavy atom. The van der Waals surface area contributed by atoms with Crippen molar-refractivity contribution in [2.75, 3.05) is 0 Å². The molecule has 0 aliphatic rings. The SMILES string of the molecule is Cc1ccc(-c2ccc(C=O)c(C)c2)cc1Cl. The third-order valence-corrected chi connectivity index (χ3v) is 3.31. The predicted octanol–water partition coefficient (Wildman–Crippen LogP) is 4.44. The van der Waals surface area contributed by atoms with Crippen molar-refractivity contribution in [3.63, 3.8) is 0 Å². The Balaban J connectivity index is 2.49. The zero-order chi connectivity index (χ0) is 12.4. The molecule has 0 heterocycles. The van der Waals surface area contributed by atoms with E-state index in [2.05, 4.69) is 0 Å². The number of carbonyl (C=O) groups is 1. The molecule has 2 heteroatoms. The molecule has 0 saturated heterocycles. The van der Waals surface area contributed by atoms with Crippen LogP contribution in [0, 0.1) is 13.8 Å². The van der Waals surface area contributed by atoms with Crippen LogP contribution in [-0.4, -0.2) is 6.29 Å². The molecule has 0 aromatic heterocycles. The number of benzene rings is 2. The van der Waals surface area contributed by atoms with E-state index in [9.17, 15) is 4.79 Å². The second-order valence-corrected chi connectivity index (χ2v) is 4.56. The van der Waals surface area contributed by atoms with Crippen molar-refractivity contribution in [2.24, 2.45) is 0 Å². The van der Waals surface area contributed by atoms with Crippen LogP contribution in [0.1, 0.15) is 21.5 Å². The molecule has 0 aliphatic carbocycles. The molecule has 0 N–H and O–H groups in total. The zero-order valence-corrected chi connectivity index (χ0v) is 10.6. The number of aryl methyl sites for hydroxylation is 2. The standard InChI is InChI=1S/C15H13ClO/c1-10-3-4-13(8-15(10)16)12-5-6-14(9-17)11(2)7-12/h3-9H,1-2H3. The molecule has 0 aliphatic heterocycles. The lowest BCUT2D eigenvalue weighted by Gasteiger charge is -2.06. The van der Waals surface area contributed by atoms with E-state index in [0.717, 1.165) is 39.1 Å². The lowest BCUT2D eigenvalue weighted by Crippen LogP contribution is -1.87. The van der Waals surface area contributed by atoms with Crippen LogP contribution in [0.4, 0.5) is 0 Å². The Kier molecular flexibility index (Phi) is 3.30. The number of carbonyl (C=O) groups excluding carboxylic acids is 1. The summed E-state index contributed by atoms with van der Waals surface area (Å²) >= 11 is 6.11. The van der Waals surface area contributed by atoms with E-state index in [1.807, 2.05) is 50.2 Å². The summed E-state index contributed by atoms with van der Waals surface area (Å²) in [5, 5.41) is 0.764. The number of rotatable bonds is 2. The highest BCUT2D eigenvalue weighted by Gasteiger charge is 2.03. The van der Waals surface area contributed by atoms with Crippen molar-refractivity contribution in [2.45, 2.75) is 13.8 Å². The first-order valence-electron chi connectivity index (χ1n) is 5.44. The molecule has 0 bridgehead atoms. The average Bonchev–Trinajstić information content (AvgIpc) is 2.32. The Morgan fingerprint density at radius 3 is 2.18 bits per heavy atom. The number of aldehydes is 1. The van der Waals surface area contributed by atoms with Gasteiger partial charge in [0, 0.05) is 10.6 Å². The van der Waals surface area contributed by atoms with Crippen LogP contribution in [0.3, 0.4) is 0 Å². The molecule has 17 heavy (non-hydrogen) atoms. The molecule has 1 nitrogen and oxygen atoms in total. The van der Waals surface area contributed by atoms with Crippen molar-refractivity contribution < 1.29 is 4.79 Å². The number of halogens is 1. The predicted molar refractivity (Wildman–Crippen MR) is 71.7 cm³/mol. The maximum atomic E-state index is 10.8. The topological polar surface area (TPSA) is 17.1 Å². The van der Waals surface area contributed by atoms with Gasteiger partial charge < -0.3 is 0 Å². The maximum absolute atomic E-state index is 10.8. The Bertz CT molecular complexity index is 573. The van der Waals surface area contributed by atoms with E-state index in [4.69, 9.17) is 11.6 Å². The molecule has 0 unspecified atom stereocenters. The van der Waals surface area contributed by atoms with Crippen molar-refractivity contribution >= 4 is 17.9 Å². The van der Waals surface area contributed by atoms with E-state index in [1.165, 1.54) is 0 Å². The van der Waals surface area contributed by atoms with Crippen molar-refractivity contribution in [3.8, 4) is 11.1 Å². The first-order valence-corrected chi connectivity index (χ1v) is 5.82. The van der Waals surface area contributed by atoms with Gasteiger partial charge in [0.15, 0.2) is 0 Å². The molecular formula is C15H13ClO. The van der Waals surface area contributed by atoms with Crippen LogP contribution in [0.25, 0.3) is 11.1 Å². The molecule has 86 valence electrons. The summed E-state index contributed by atoms with van der Waals surface area (Å²) in [5.74, 6) is 0. The summed E-state index contributed by atoms with van der Waals surface area (Å²) in [6, 6.07) is 11.8. The molecule has 0 fully saturated rings. The van der Waals surface area contributed by atoms with Crippen LogP contribution in [-0.2, 0) is 0 Å². The first-order chi connectivity index (χ1) is 8.11. The average molecular weight is 245 g/mol. The smallest absolute Gasteiger partial charge is 0.150 e. The summed E-state index contributed by atoms with van der Waals surface area (Å²) in [4.78, 5) is 10.8. The maximum Gasteiger partial charge on any atom is 0.150 e. The van der Waals surface area contributed by atoms with Crippen LogP contribution in [0.5, 0.6) is 0 Å². The highest BCUT2D eigenvalue weighted by atomic mass is 35.5. The summed E-state index contributed by atoms with van der Waals surface area (Å²) < 4.78 is 0. The van der Waals surface area contributed by atoms with Gasteiger partial charge in [-0.05, 0) is 42.2 Å². The molecule has 2 rings (SSSR count). The number of hydrogen-bond acceptors (Lipinski definition) is 1. The zero-order valence-electron chi connectivity index (χ0n) is 9.83. The highest BCUT2D eigenvalue weighted by Crippen LogP contribution is 2.26. The summed E-state index contributed by atoms with van der Waals surface area (Å²) in [6.45, 7) is 3.91. The van der Waals surface area contributed by atoms with Gasteiger partial charge in [0.1, 0.15) is 6.29 Å². The van der Waals surface area contributed by atoms with Crippen LogP contribution in [0.2, 0.25) is 5.02 Å². The summed E-state index contributed by atoms with van der Waals surface area (Å²) in [5.41, 5.74) is 4.92. The van der Waals surface area contributed by atoms with Gasteiger partial charge in [-0.3, -0.25) is 4.79 Å². The van der Waals surface area contributed by atoms with Gasteiger partial charge >= 0.3 is 0 Å². The molecular weight excluding hydrogens is 232 g/mol. The molecule has 0 spiro atoms. The fourth-order valence-electron chi connectivity index (χ4n) is 1.76. The van der Waals surface area contributed by atoms with Gasteiger partial charge in [0.05, 0.1) is 0 Å². The molecule has 2 aromatic rings. The Hall–Kier alpha value is -1.60. The summed E-state index contributed by atoms with van der Waals surface area (Å²) in [6.07, 6.45) is 0.876. The fraction of sp³-hybridized carbons (Fsp3) is 0.133. The van der Waals surface area contributed by atoms with E-state index in [0.29, 0.717) is 0 Å². The van der Waals surface area contributed by atoms with E-state index in [-0.39, 0.29) is 0 Å². The van der Waals surface area contributed by atoms with Crippen LogP contribution < -0.4 is 0 Å². The van der Waals surface area contributed by atoms with E-state index < -0.39 is 0 Å². The van der Waals surface area contributed by atoms with Gasteiger partial charge in [-0.1, -0.05) is 41.9 Å². The number of hydrogen-bond donors (Lipinski definition) is 0. The Morgan fingerprint density at radius 2 is 1.59 bits per heavy atom. The molecule has 2 aromatic carbocycles. The second-order valence-electron chi connectivity index (χ2n) is 4.15. The normalized spacial score (nSPS) is 10.3. The van der Waals surface area contributed by atoms with Gasteiger partial charge in [0.25, 0.3) is 0 Å². The molecule has 0 amide bonds. The van der Waals surface area contributed by atoms with Gasteiger partial charge in [-0.2, -0.15) is 0 Å². The lowest BCUT2D eigenvalue weighted by atomic mass is 10.00. The van der Waals surface area contributed by atoms with Crippen LogP contribution in [0.15, 0.2) is 36.4 Å². The van der Waals surface area contributed by atoms with E-state index in [1.54, 1.807) is 0 Å². The van der Waals surface area contributed by atoms with Gasteiger partial charge in [-0.25, -0.2) is 0 Å². The third-order valence-electron chi connectivity index (χ3n) is 2.90. The fourth-order valence-corrected chi connectivity index (χ4v) is 1.94. The molecule has 0 saturated carbocycles. The van der Waals surface area contributed by atoms with E-state index >= 15 is 0 Å². The van der Waals surface area contributed by atoms with Gasteiger partial charge in [-0.15, -0.1) is 0 Å². The second kappa shape index (κ2) is 4.72. The first kappa shape index (κ1) is 11.9. The van der Waals surface area contributed by atoms with Gasteiger partial charge in [0.2, 0.25) is 0 Å². The Labute approximate surface area is 106 Å². The minimum absolute atomic E-state index is 0.729. The lowest BCUT2D eigenvalue weighted by molar-refractivity contribution is 0.112. The monoisotopic (exact) mass is 244 g/mol. The minimum atomic E-state index is 0.729. The largest absolute Gasteiger partial charge is 0.298 e. The van der Waals surface area contributed by atoms with Crippen LogP contribution >= 0.6 is 11.6 Å². The summed E-state index contributed by atoms with van der Waals surface area (Å²) in [7, 11) is 0. The van der Waals surface area contributed by atoms with Crippen molar-refractivity contribution in [1.29, 1.82) is 0 Å². The molecule has 0 radical (unpaired) electrons. The van der Waals surface area contributed by atoms with Crippen molar-refractivity contribution in [1.82, 2.24) is 0 Å². The minimum Gasteiger partial charge on any atom is -0.298 e.